The van der Waals surface area contributed by atoms with Crippen molar-refractivity contribution in [3.63, 3.8) is 0 Å². The standard InChI is InChI=1S/C20H26N2O3/c1-4-20(12-16(23)25-3)10-8-14(9-11-21-24)17-15-7-5-6-13(2)18(15)22-19(17)20/h5-7,14,22H,4,8-12H2,1-3H3/t14-,20+/m1/s1. The van der Waals surface area contributed by atoms with E-state index in [0.29, 0.717) is 18.9 Å². The average molecular weight is 342 g/mol. The number of nitroso groups, excluding NO2 is 1. The summed E-state index contributed by atoms with van der Waals surface area (Å²) >= 11 is 0. The number of fused-ring (bicyclic) bond motifs is 3. The largest absolute Gasteiger partial charge is 0.469 e. The van der Waals surface area contributed by atoms with Gasteiger partial charge in [-0.3, -0.25) is 4.79 Å². The molecule has 1 N–H and O–H groups in total. The van der Waals surface area contributed by atoms with Gasteiger partial charge in [-0.1, -0.05) is 30.3 Å². The molecule has 5 nitrogen and oxygen atoms in total. The van der Waals surface area contributed by atoms with Gasteiger partial charge >= 0.3 is 5.97 Å². The maximum Gasteiger partial charge on any atom is 0.306 e. The number of carbonyl (C=O) groups excluding carboxylic acids is 1. The highest BCUT2D eigenvalue weighted by atomic mass is 16.5. The first kappa shape index (κ1) is 17.6. The number of esters is 1. The molecule has 2 aromatic rings. The summed E-state index contributed by atoms with van der Waals surface area (Å²) in [6.07, 6.45) is 3.90. The number of nitrogens with one attached hydrogen (secondary N) is 1. The Balaban J connectivity index is 2.18. The maximum atomic E-state index is 12.1. The van der Waals surface area contributed by atoms with E-state index in [-0.39, 0.29) is 11.4 Å². The zero-order valence-corrected chi connectivity index (χ0v) is 15.2. The fourth-order valence-corrected chi connectivity index (χ4v) is 4.45. The van der Waals surface area contributed by atoms with Crippen LogP contribution in [-0.2, 0) is 14.9 Å². The Kier molecular flexibility index (Phi) is 4.93. The Morgan fingerprint density at radius 3 is 2.92 bits per heavy atom. The number of para-hydroxylation sites is 1. The van der Waals surface area contributed by atoms with Crippen molar-refractivity contribution in [1.29, 1.82) is 0 Å². The number of hydrogen-bond acceptors (Lipinski definition) is 4. The monoisotopic (exact) mass is 342 g/mol. The van der Waals surface area contributed by atoms with Gasteiger partial charge < -0.3 is 9.72 Å². The summed E-state index contributed by atoms with van der Waals surface area (Å²) in [5, 5.41) is 4.28. The van der Waals surface area contributed by atoms with Crippen molar-refractivity contribution in [3.8, 4) is 0 Å². The van der Waals surface area contributed by atoms with E-state index in [9.17, 15) is 9.70 Å². The molecule has 0 amide bonds. The molecule has 0 fully saturated rings. The number of aryl methyl sites for hydroxylation is 1. The van der Waals surface area contributed by atoms with Crippen molar-refractivity contribution >= 4 is 16.9 Å². The summed E-state index contributed by atoms with van der Waals surface area (Å²) in [6.45, 7) is 4.57. The molecule has 0 saturated heterocycles. The van der Waals surface area contributed by atoms with Gasteiger partial charge in [-0.25, -0.2) is 0 Å². The van der Waals surface area contributed by atoms with Crippen LogP contribution in [0.5, 0.6) is 0 Å². The van der Waals surface area contributed by atoms with Crippen LogP contribution in [0.1, 0.15) is 61.8 Å². The first-order chi connectivity index (χ1) is 12.1. The summed E-state index contributed by atoms with van der Waals surface area (Å²) in [7, 11) is 1.45. The number of aromatic amines is 1. The van der Waals surface area contributed by atoms with Gasteiger partial charge in [0.05, 0.1) is 20.1 Å². The van der Waals surface area contributed by atoms with E-state index in [1.807, 2.05) is 0 Å². The number of hydrogen-bond donors (Lipinski definition) is 1. The lowest BCUT2D eigenvalue weighted by Crippen LogP contribution is -2.35. The van der Waals surface area contributed by atoms with Crippen molar-refractivity contribution in [2.75, 3.05) is 13.7 Å². The molecule has 1 aromatic heterocycles. The van der Waals surface area contributed by atoms with Crippen LogP contribution < -0.4 is 0 Å². The van der Waals surface area contributed by atoms with E-state index >= 15 is 0 Å². The molecule has 2 atom stereocenters. The highest BCUT2D eigenvalue weighted by Crippen LogP contribution is 2.50. The number of carbonyl (C=O) groups is 1. The highest BCUT2D eigenvalue weighted by Gasteiger charge is 2.42. The van der Waals surface area contributed by atoms with Crippen molar-refractivity contribution in [1.82, 2.24) is 4.98 Å². The van der Waals surface area contributed by atoms with E-state index in [4.69, 9.17) is 4.74 Å². The highest BCUT2D eigenvalue weighted by molar-refractivity contribution is 5.89. The van der Waals surface area contributed by atoms with Crippen LogP contribution in [0.25, 0.3) is 10.9 Å². The van der Waals surface area contributed by atoms with Gasteiger partial charge in [0.2, 0.25) is 0 Å². The van der Waals surface area contributed by atoms with Gasteiger partial charge in [-0.05, 0) is 49.7 Å². The van der Waals surface area contributed by atoms with Crippen LogP contribution in [0.4, 0.5) is 0 Å². The van der Waals surface area contributed by atoms with Gasteiger partial charge in [0, 0.05) is 22.0 Å². The summed E-state index contributed by atoms with van der Waals surface area (Å²) in [6, 6.07) is 6.31. The lowest BCUT2D eigenvalue weighted by Gasteiger charge is -2.39. The molecular weight excluding hydrogens is 316 g/mol. The summed E-state index contributed by atoms with van der Waals surface area (Å²) < 4.78 is 4.98. The molecule has 0 unspecified atom stereocenters. The summed E-state index contributed by atoms with van der Waals surface area (Å²) in [5.41, 5.74) is 4.55. The molecule has 5 heteroatoms. The molecule has 1 aliphatic carbocycles. The molecule has 1 aromatic carbocycles. The molecule has 0 aliphatic heterocycles. The predicted octanol–water partition coefficient (Wildman–Crippen LogP) is 4.72. The van der Waals surface area contributed by atoms with Crippen LogP contribution in [0, 0.1) is 11.8 Å². The molecule has 0 radical (unpaired) electrons. The number of methoxy groups -OCH3 is 1. The number of aromatic nitrogens is 1. The first-order valence-electron chi connectivity index (χ1n) is 9.04. The Morgan fingerprint density at radius 1 is 1.44 bits per heavy atom. The van der Waals surface area contributed by atoms with Gasteiger partial charge in [0.15, 0.2) is 0 Å². The minimum Gasteiger partial charge on any atom is -0.469 e. The van der Waals surface area contributed by atoms with E-state index in [2.05, 4.69) is 42.2 Å². The normalized spacial score (nSPS) is 22.6. The molecule has 1 aliphatic rings. The molecule has 3 rings (SSSR count). The molecule has 134 valence electrons. The van der Waals surface area contributed by atoms with Crippen molar-refractivity contribution < 1.29 is 9.53 Å². The smallest absolute Gasteiger partial charge is 0.306 e. The average Bonchev–Trinajstić information content (AvgIpc) is 3.03. The number of benzene rings is 1. The molecule has 0 bridgehead atoms. The third-order valence-corrected chi connectivity index (χ3v) is 5.95. The predicted molar refractivity (Wildman–Crippen MR) is 98.9 cm³/mol. The maximum absolute atomic E-state index is 12.1. The minimum absolute atomic E-state index is 0.170. The molecular formula is C20H26N2O3. The third kappa shape index (κ3) is 2.96. The van der Waals surface area contributed by atoms with Crippen LogP contribution in [0.3, 0.4) is 0 Å². The Hall–Kier alpha value is -2.17. The number of ether oxygens (including phenoxy) is 1. The molecule has 0 saturated carbocycles. The summed E-state index contributed by atoms with van der Waals surface area (Å²) in [4.78, 5) is 26.4. The lowest BCUT2D eigenvalue weighted by atomic mass is 9.65. The number of rotatable bonds is 6. The van der Waals surface area contributed by atoms with Gasteiger partial charge in [-0.2, -0.15) is 4.91 Å². The second-order valence-corrected chi connectivity index (χ2v) is 7.17. The van der Waals surface area contributed by atoms with E-state index in [0.717, 1.165) is 36.9 Å². The van der Waals surface area contributed by atoms with E-state index < -0.39 is 0 Å². The molecule has 1 heterocycles. The fraction of sp³-hybridized carbons (Fsp3) is 0.550. The van der Waals surface area contributed by atoms with Crippen LogP contribution in [0.2, 0.25) is 0 Å². The second kappa shape index (κ2) is 6.98. The number of nitrogens with zero attached hydrogens (tertiary/aromatic N) is 1. The fourth-order valence-electron chi connectivity index (χ4n) is 4.45. The molecule has 25 heavy (non-hydrogen) atoms. The third-order valence-electron chi connectivity index (χ3n) is 5.95. The quantitative estimate of drug-likeness (QED) is 0.610. The van der Waals surface area contributed by atoms with Gasteiger partial charge in [0.25, 0.3) is 0 Å². The Labute approximate surface area is 148 Å². The van der Waals surface area contributed by atoms with Crippen molar-refractivity contribution in [2.45, 2.75) is 57.3 Å². The second-order valence-electron chi connectivity index (χ2n) is 7.17. The lowest BCUT2D eigenvalue weighted by molar-refractivity contribution is -0.142. The zero-order valence-electron chi connectivity index (χ0n) is 15.2. The first-order valence-corrected chi connectivity index (χ1v) is 9.04. The molecule has 0 spiro atoms. The zero-order chi connectivity index (χ0) is 18.0. The van der Waals surface area contributed by atoms with Gasteiger partial charge in [-0.15, -0.1) is 0 Å². The topological polar surface area (TPSA) is 71.5 Å². The van der Waals surface area contributed by atoms with E-state index in [1.165, 1.54) is 23.6 Å². The Morgan fingerprint density at radius 2 is 2.24 bits per heavy atom. The van der Waals surface area contributed by atoms with Gasteiger partial charge in [0.1, 0.15) is 0 Å². The Bertz CT molecular complexity index is 796. The van der Waals surface area contributed by atoms with E-state index in [1.54, 1.807) is 0 Å². The van der Waals surface area contributed by atoms with Crippen LogP contribution in [-0.4, -0.2) is 24.6 Å². The summed E-state index contributed by atoms with van der Waals surface area (Å²) in [5.74, 6) is 0.136. The minimum atomic E-state index is -0.223. The van der Waals surface area contributed by atoms with Crippen LogP contribution >= 0.6 is 0 Å². The van der Waals surface area contributed by atoms with Crippen LogP contribution in [0.15, 0.2) is 23.4 Å². The van der Waals surface area contributed by atoms with Crippen molar-refractivity contribution in [2.24, 2.45) is 5.18 Å². The number of H-pyrrole nitrogens is 1. The van der Waals surface area contributed by atoms with Crippen molar-refractivity contribution in [3.05, 3.63) is 39.9 Å². The SMILES string of the molecule is CC[C@@]1(CC(=O)OC)CC[C@H](CCN=O)c2c1[nH]c1c(C)cccc21.